The molecule has 1 aromatic rings. The van der Waals surface area contributed by atoms with Crippen molar-refractivity contribution in [1.82, 2.24) is 9.88 Å². The summed E-state index contributed by atoms with van der Waals surface area (Å²) in [6.45, 7) is 6.41. The first-order valence-corrected chi connectivity index (χ1v) is 9.34. The molecule has 0 unspecified atom stereocenters. The highest BCUT2D eigenvalue weighted by Gasteiger charge is 2.55. The van der Waals surface area contributed by atoms with Crippen molar-refractivity contribution < 1.29 is 9.47 Å². The molecule has 0 aromatic carbocycles. The molecule has 1 saturated heterocycles. The molecular formula is C19H30N2O3. The molecule has 0 bridgehead atoms. The Morgan fingerprint density at radius 1 is 1.33 bits per heavy atom. The van der Waals surface area contributed by atoms with Crippen molar-refractivity contribution in [3.8, 4) is 0 Å². The number of ether oxygens (including phenoxy) is 2. The molecule has 2 heterocycles. The lowest BCUT2D eigenvalue weighted by Gasteiger charge is -2.57. The quantitative estimate of drug-likeness (QED) is 0.741. The maximum atomic E-state index is 11.7. The molecule has 1 saturated carbocycles. The molecule has 0 amide bonds. The monoisotopic (exact) mass is 334 g/mol. The smallest absolute Gasteiger partial charge is 0.250 e. The zero-order valence-corrected chi connectivity index (χ0v) is 14.7. The van der Waals surface area contributed by atoms with Gasteiger partial charge in [-0.25, -0.2) is 0 Å². The number of pyridine rings is 1. The van der Waals surface area contributed by atoms with E-state index in [2.05, 4.69) is 12.2 Å². The summed E-state index contributed by atoms with van der Waals surface area (Å²) in [5.74, 6) is 0. The lowest BCUT2D eigenvalue weighted by atomic mass is 9.57. The van der Waals surface area contributed by atoms with Gasteiger partial charge >= 0.3 is 0 Å². The van der Waals surface area contributed by atoms with Gasteiger partial charge in [-0.1, -0.05) is 6.07 Å². The van der Waals surface area contributed by atoms with Gasteiger partial charge in [0.2, 0.25) is 5.56 Å². The fourth-order valence-corrected chi connectivity index (χ4v) is 4.22. The van der Waals surface area contributed by atoms with E-state index < -0.39 is 0 Å². The highest BCUT2D eigenvalue weighted by molar-refractivity contribution is 5.08. The van der Waals surface area contributed by atoms with Crippen LogP contribution in [0.15, 0.2) is 29.2 Å². The number of hydrogen-bond donors (Lipinski definition) is 1. The maximum Gasteiger partial charge on any atom is 0.250 e. The lowest BCUT2D eigenvalue weighted by Crippen LogP contribution is -2.65. The molecule has 1 N–H and O–H groups in total. The molecule has 5 heteroatoms. The first-order chi connectivity index (χ1) is 11.8. The predicted octanol–water partition coefficient (Wildman–Crippen LogP) is 2.19. The Morgan fingerprint density at radius 2 is 2.17 bits per heavy atom. The summed E-state index contributed by atoms with van der Waals surface area (Å²) in [7, 11) is 0. The highest BCUT2D eigenvalue weighted by atomic mass is 16.5. The summed E-state index contributed by atoms with van der Waals surface area (Å²) in [6.07, 6.45) is 7.70. The Labute approximate surface area is 144 Å². The van der Waals surface area contributed by atoms with Crippen LogP contribution >= 0.6 is 0 Å². The van der Waals surface area contributed by atoms with Gasteiger partial charge in [0.05, 0.1) is 6.10 Å². The first kappa shape index (κ1) is 17.6. The summed E-state index contributed by atoms with van der Waals surface area (Å²) < 4.78 is 13.3. The lowest BCUT2D eigenvalue weighted by molar-refractivity contribution is -0.172. The van der Waals surface area contributed by atoms with Gasteiger partial charge in [0.25, 0.3) is 0 Å². The van der Waals surface area contributed by atoms with Crippen molar-refractivity contribution in [1.29, 1.82) is 0 Å². The molecule has 24 heavy (non-hydrogen) atoms. The Bertz CT molecular complexity index is 566. The van der Waals surface area contributed by atoms with Crippen LogP contribution in [0.1, 0.15) is 39.0 Å². The van der Waals surface area contributed by atoms with Gasteiger partial charge in [-0.3, -0.25) is 4.79 Å². The van der Waals surface area contributed by atoms with Crippen LogP contribution < -0.4 is 10.9 Å². The Morgan fingerprint density at radius 3 is 2.92 bits per heavy atom. The van der Waals surface area contributed by atoms with Crippen molar-refractivity contribution in [2.45, 2.75) is 57.7 Å². The average Bonchev–Trinajstić information content (AvgIpc) is 2.62. The standard InChI is InChI=1S/C19H30N2O3/c1-2-24-17-15-16(19(17)8-13-23-14-9-19)20-10-4-6-12-21-11-5-3-7-18(21)22/h3,5,7,11,16-17,20H,2,4,6,8-10,12-15H2,1H3/t16-,17+/m0/s1. The second kappa shape index (κ2) is 8.28. The van der Waals surface area contributed by atoms with Crippen LogP contribution in [-0.2, 0) is 16.0 Å². The van der Waals surface area contributed by atoms with Gasteiger partial charge in [0.1, 0.15) is 0 Å². The number of aromatic nitrogens is 1. The van der Waals surface area contributed by atoms with Crippen LogP contribution in [0.4, 0.5) is 0 Å². The molecule has 1 aromatic heterocycles. The number of unbranched alkanes of at least 4 members (excludes halogenated alkanes) is 1. The topological polar surface area (TPSA) is 52.5 Å². The molecular weight excluding hydrogens is 304 g/mol. The van der Waals surface area contributed by atoms with Crippen molar-refractivity contribution in [3.05, 3.63) is 34.7 Å². The van der Waals surface area contributed by atoms with Crippen molar-refractivity contribution in [2.24, 2.45) is 5.41 Å². The zero-order chi connectivity index (χ0) is 16.8. The Balaban J connectivity index is 1.41. The van der Waals surface area contributed by atoms with Crippen LogP contribution in [-0.4, -0.2) is 43.1 Å². The van der Waals surface area contributed by atoms with Crippen LogP contribution in [0.2, 0.25) is 0 Å². The van der Waals surface area contributed by atoms with Crippen molar-refractivity contribution in [3.63, 3.8) is 0 Å². The van der Waals surface area contributed by atoms with E-state index in [1.165, 1.54) is 0 Å². The van der Waals surface area contributed by atoms with Crippen molar-refractivity contribution in [2.75, 3.05) is 26.4 Å². The van der Waals surface area contributed by atoms with E-state index in [9.17, 15) is 4.79 Å². The third-order valence-electron chi connectivity index (χ3n) is 5.69. The van der Waals surface area contributed by atoms with Gasteiger partial charge < -0.3 is 19.4 Å². The SMILES string of the molecule is CCO[C@@H]1C[C@H](NCCCCn2ccccc2=O)C12CCOCC2. The molecule has 2 fully saturated rings. The molecule has 134 valence electrons. The third-order valence-corrected chi connectivity index (χ3v) is 5.69. The first-order valence-electron chi connectivity index (χ1n) is 9.34. The van der Waals surface area contributed by atoms with Gasteiger partial charge in [0.15, 0.2) is 0 Å². The third kappa shape index (κ3) is 3.73. The number of rotatable bonds is 8. The second-order valence-corrected chi connectivity index (χ2v) is 6.97. The zero-order valence-electron chi connectivity index (χ0n) is 14.7. The molecule has 2 aliphatic rings. The Kier molecular flexibility index (Phi) is 6.09. The van der Waals surface area contributed by atoms with E-state index in [1.807, 2.05) is 12.3 Å². The molecule has 1 aliphatic carbocycles. The largest absolute Gasteiger partial charge is 0.381 e. The number of hydrogen-bond acceptors (Lipinski definition) is 4. The molecule has 0 radical (unpaired) electrons. The molecule has 5 nitrogen and oxygen atoms in total. The minimum Gasteiger partial charge on any atom is -0.381 e. The van der Waals surface area contributed by atoms with E-state index in [0.29, 0.717) is 12.1 Å². The van der Waals surface area contributed by atoms with Gasteiger partial charge in [0, 0.05) is 50.1 Å². The fraction of sp³-hybridized carbons (Fsp3) is 0.737. The van der Waals surface area contributed by atoms with Gasteiger partial charge in [-0.2, -0.15) is 0 Å². The number of nitrogens with one attached hydrogen (secondary N) is 1. The van der Waals surface area contributed by atoms with Crippen LogP contribution in [0.5, 0.6) is 0 Å². The van der Waals surface area contributed by atoms with E-state index >= 15 is 0 Å². The number of aryl methyl sites for hydroxylation is 1. The molecule has 1 spiro atoms. The summed E-state index contributed by atoms with van der Waals surface area (Å²) in [4.78, 5) is 11.7. The normalized spacial score (nSPS) is 25.5. The maximum absolute atomic E-state index is 11.7. The van der Waals surface area contributed by atoms with Crippen molar-refractivity contribution >= 4 is 0 Å². The van der Waals surface area contributed by atoms with Gasteiger partial charge in [-0.05, 0) is 51.6 Å². The molecule has 1 aliphatic heterocycles. The summed E-state index contributed by atoms with van der Waals surface area (Å²) >= 11 is 0. The average molecular weight is 334 g/mol. The summed E-state index contributed by atoms with van der Waals surface area (Å²) in [5, 5.41) is 3.75. The van der Waals surface area contributed by atoms with Crippen LogP contribution in [0.3, 0.4) is 0 Å². The predicted molar refractivity (Wildman–Crippen MR) is 94.2 cm³/mol. The fourth-order valence-electron chi connectivity index (χ4n) is 4.22. The summed E-state index contributed by atoms with van der Waals surface area (Å²) in [6, 6.07) is 5.88. The summed E-state index contributed by atoms with van der Waals surface area (Å²) in [5.41, 5.74) is 0.370. The Hall–Kier alpha value is -1.17. The minimum atomic E-state index is 0.0881. The van der Waals surface area contributed by atoms with Crippen LogP contribution in [0.25, 0.3) is 0 Å². The van der Waals surface area contributed by atoms with E-state index in [4.69, 9.17) is 9.47 Å². The van der Waals surface area contributed by atoms with E-state index in [1.54, 1.807) is 16.7 Å². The van der Waals surface area contributed by atoms with Crippen LogP contribution in [0, 0.1) is 5.41 Å². The van der Waals surface area contributed by atoms with E-state index in [-0.39, 0.29) is 11.0 Å². The van der Waals surface area contributed by atoms with Gasteiger partial charge in [-0.15, -0.1) is 0 Å². The second-order valence-electron chi connectivity index (χ2n) is 6.97. The number of nitrogens with zero attached hydrogens (tertiary/aromatic N) is 1. The van der Waals surface area contributed by atoms with E-state index in [0.717, 1.165) is 65.0 Å². The molecule has 2 atom stereocenters. The highest BCUT2D eigenvalue weighted by Crippen LogP contribution is 2.50. The minimum absolute atomic E-state index is 0.0881. The molecule has 3 rings (SSSR count).